The Hall–Kier alpha value is -6.11. The van der Waals surface area contributed by atoms with Gasteiger partial charge < -0.3 is 54.8 Å². The number of amides is 3. The number of benzene rings is 2. The maximum atomic E-state index is 13.0. The van der Waals surface area contributed by atoms with E-state index >= 15 is 0 Å². The van der Waals surface area contributed by atoms with Gasteiger partial charge in [-0.25, -0.2) is 14.4 Å². The molecule has 4 atom stereocenters. The molecule has 0 saturated heterocycles. The van der Waals surface area contributed by atoms with E-state index in [1.807, 2.05) is 48.5 Å². The molecule has 1 aliphatic carbocycles. The maximum Gasteiger partial charge on any atom is 0.407 e. The Morgan fingerprint density at radius 1 is 0.644 bits per heavy atom. The molecule has 2 aromatic rings. The van der Waals surface area contributed by atoms with Gasteiger partial charge in [-0.15, -0.1) is 0 Å². The van der Waals surface area contributed by atoms with Gasteiger partial charge in [0.2, 0.25) is 11.8 Å². The van der Waals surface area contributed by atoms with E-state index in [1.165, 1.54) is 40.6 Å². The third-order valence-electron chi connectivity index (χ3n) is 8.59. The smallest absolute Gasteiger partial charge is 0.407 e. The van der Waals surface area contributed by atoms with Gasteiger partial charge in [0, 0.05) is 33.0 Å². The summed E-state index contributed by atoms with van der Waals surface area (Å²) in [6, 6.07) is 11.7. The van der Waals surface area contributed by atoms with Crippen LogP contribution in [-0.2, 0) is 61.9 Å². The topological polar surface area (TPSA) is 246 Å². The Labute approximate surface area is 343 Å². The second-order valence-electron chi connectivity index (χ2n) is 12.7. The molecule has 0 fully saturated rings. The summed E-state index contributed by atoms with van der Waals surface area (Å²) in [7, 11) is 5.23. The molecular formula is C41H54N4O14. The molecule has 0 radical (unpaired) electrons. The van der Waals surface area contributed by atoms with Gasteiger partial charge in [0.25, 0.3) is 0 Å². The summed E-state index contributed by atoms with van der Waals surface area (Å²) < 4.78 is 34.3. The van der Waals surface area contributed by atoms with Crippen molar-refractivity contribution in [2.45, 2.75) is 55.8 Å². The van der Waals surface area contributed by atoms with Crippen LogP contribution in [-0.4, -0.2) is 127 Å². The van der Waals surface area contributed by atoms with Crippen LogP contribution in [0.15, 0.2) is 73.8 Å². The molecule has 18 nitrogen and oxygen atoms in total. The second kappa shape index (κ2) is 26.7. The molecule has 5 N–H and O–H groups in total. The lowest BCUT2D eigenvalue weighted by atomic mass is 9.98. The van der Waals surface area contributed by atoms with Gasteiger partial charge >= 0.3 is 30.0 Å². The highest BCUT2D eigenvalue weighted by Gasteiger charge is 2.32. The number of methoxy groups -OCH3 is 4. The van der Waals surface area contributed by atoms with Crippen molar-refractivity contribution < 1.29 is 66.7 Å². The van der Waals surface area contributed by atoms with E-state index in [1.54, 1.807) is 0 Å². The summed E-state index contributed by atoms with van der Waals surface area (Å²) in [4.78, 5) is 84.3. The van der Waals surface area contributed by atoms with Crippen molar-refractivity contribution in [3.8, 4) is 11.1 Å². The van der Waals surface area contributed by atoms with Gasteiger partial charge in [-0.2, -0.15) is 0 Å². The molecule has 4 unspecified atom stereocenters. The first-order valence-corrected chi connectivity index (χ1v) is 18.5. The third kappa shape index (κ3) is 16.3. The number of ether oxygens (including phenoxy) is 7. The normalized spacial score (nSPS) is 13.2. The standard InChI is InChI=1S/C28H32N2O8.C13H22N2O6/c1-4-15-37-27(33)23(13-14-25(31)36-3)29-26(32)24(17-35-2)30-28(34)38-16-22-20-11-7-5-9-18(20)19-10-6-8-12-21(19)22;1-4-7-21-13(18)10(5-6-11(16)20-3)15-12(17)9(14)8-19-2/h4-12,22-24H,1,13-17H2,2-3H3,(H,29,32)(H,30,34);4,9-10H,1,5-8,14H2,2-3H3,(H,15,17). The van der Waals surface area contributed by atoms with Crippen LogP contribution in [0.5, 0.6) is 0 Å². The molecule has 3 amide bonds. The zero-order valence-electron chi connectivity index (χ0n) is 33.7. The van der Waals surface area contributed by atoms with Crippen LogP contribution in [0.25, 0.3) is 11.1 Å². The van der Waals surface area contributed by atoms with Crippen LogP contribution in [0.1, 0.15) is 42.7 Å². The average molecular weight is 827 g/mol. The Morgan fingerprint density at radius 3 is 1.54 bits per heavy atom. The number of esters is 4. The van der Waals surface area contributed by atoms with Crippen LogP contribution < -0.4 is 21.7 Å². The third-order valence-corrected chi connectivity index (χ3v) is 8.59. The highest BCUT2D eigenvalue weighted by atomic mass is 16.6. The zero-order chi connectivity index (χ0) is 43.7. The van der Waals surface area contributed by atoms with Crippen molar-refractivity contribution in [3.63, 3.8) is 0 Å². The minimum atomic E-state index is -1.16. The number of hydrogen-bond acceptors (Lipinski definition) is 15. The van der Waals surface area contributed by atoms with Crippen molar-refractivity contribution in [2.75, 3.05) is 61.5 Å². The molecule has 0 aliphatic heterocycles. The number of nitrogens with two attached hydrogens (primary N) is 1. The fourth-order valence-corrected chi connectivity index (χ4v) is 5.65. The van der Waals surface area contributed by atoms with E-state index in [9.17, 15) is 33.6 Å². The highest BCUT2D eigenvalue weighted by Crippen LogP contribution is 2.44. The van der Waals surface area contributed by atoms with Crippen LogP contribution in [0, 0.1) is 0 Å². The molecule has 18 heteroatoms. The van der Waals surface area contributed by atoms with Crippen LogP contribution >= 0.6 is 0 Å². The molecule has 59 heavy (non-hydrogen) atoms. The van der Waals surface area contributed by atoms with E-state index in [0.717, 1.165) is 22.3 Å². The average Bonchev–Trinajstić information content (AvgIpc) is 3.56. The predicted octanol–water partition coefficient (Wildman–Crippen LogP) is 1.83. The molecule has 0 aromatic heterocycles. The Morgan fingerprint density at radius 2 is 1.10 bits per heavy atom. The summed E-state index contributed by atoms with van der Waals surface area (Å²) in [5.41, 5.74) is 9.86. The molecule has 0 heterocycles. The number of fused-ring (bicyclic) bond motifs is 3. The highest BCUT2D eigenvalue weighted by molar-refractivity contribution is 5.90. The number of carbonyl (C=O) groups is 7. The lowest BCUT2D eigenvalue weighted by Gasteiger charge is -2.22. The molecule has 322 valence electrons. The van der Waals surface area contributed by atoms with Crippen molar-refractivity contribution in [1.82, 2.24) is 16.0 Å². The minimum Gasteiger partial charge on any atom is -0.469 e. The van der Waals surface area contributed by atoms with Crippen LogP contribution in [0.3, 0.4) is 0 Å². The van der Waals surface area contributed by atoms with Crippen molar-refractivity contribution in [3.05, 3.63) is 85.0 Å². The molecule has 0 bridgehead atoms. The van der Waals surface area contributed by atoms with Gasteiger partial charge in [0.05, 0.1) is 27.4 Å². The maximum absolute atomic E-state index is 13.0. The SMILES string of the molecule is C=CCOC(=O)C(CCC(=O)OC)NC(=O)C(COC)NC(=O)OCC1c2ccccc2-c2ccccc21.C=CCOC(=O)C(CCC(=O)OC)NC(=O)C(N)COC. The minimum absolute atomic E-state index is 0.00749. The fraction of sp³-hybridized carbons (Fsp3) is 0.439. The number of alkyl carbamates (subject to hydrolysis) is 1. The summed E-state index contributed by atoms with van der Waals surface area (Å²) >= 11 is 0. The van der Waals surface area contributed by atoms with Crippen LogP contribution in [0.2, 0.25) is 0 Å². The molecule has 2 aromatic carbocycles. The summed E-state index contributed by atoms with van der Waals surface area (Å²) in [6.45, 7) is 6.74. The first-order valence-electron chi connectivity index (χ1n) is 18.5. The van der Waals surface area contributed by atoms with E-state index in [2.05, 4.69) is 38.6 Å². The number of rotatable bonds is 23. The lowest BCUT2D eigenvalue weighted by molar-refractivity contribution is -0.149. The largest absolute Gasteiger partial charge is 0.469 e. The number of hydrogen-bond donors (Lipinski definition) is 4. The van der Waals surface area contributed by atoms with E-state index < -0.39 is 66.0 Å². The Bertz CT molecular complexity index is 1710. The predicted molar refractivity (Wildman–Crippen MR) is 212 cm³/mol. The summed E-state index contributed by atoms with van der Waals surface area (Å²) in [5, 5.41) is 7.44. The van der Waals surface area contributed by atoms with Crippen LogP contribution in [0.4, 0.5) is 4.79 Å². The van der Waals surface area contributed by atoms with Gasteiger partial charge in [-0.1, -0.05) is 73.8 Å². The quantitative estimate of drug-likeness (QED) is 0.0710. The van der Waals surface area contributed by atoms with Crippen molar-refractivity contribution >= 4 is 41.8 Å². The van der Waals surface area contributed by atoms with E-state index in [4.69, 9.17) is 29.4 Å². The Kier molecular flexibility index (Phi) is 22.2. The fourth-order valence-electron chi connectivity index (χ4n) is 5.65. The molecule has 3 rings (SSSR count). The first kappa shape index (κ1) is 49.0. The first-order chi connectivity index (χ1) is 28.3. The summed E-state index contributed by atoms with van der Waals surface area (Å²) in [6.07, 6.45) is 1.79. The second-order valence-corrected chi connectivity index (χ2v) is 12.7. The van der Waals surface area contributed by atoms with Gasteiger partial charge in [0.1, 0.15) is 44.0 Å². The van der Waals surface area contributed by atoms with Crippen molar-refractivity contribution in [2.24, 2.45) is 5.73 Å². The molecule has 0 spiro atoms. The number of nitrogens with one attached hydrogen (secondary N) is 3. The molecular weight excluding hydrogens is 772 g/mol. The summed E-state index contributed by atoms with van der Waals surface area (Å²) in [5.74, 6) is -3.88. The number of carbonyl (C=O) groups excluding carboxylic acids is 7. The van der Waals surface area contributed by atoms with Gasteiger partial charge in [-0.05, 0) is 35.1 Å². The van der Waals surface area contributed by atoms with Crippen molar-refractivity contribution in [1.29, 1.82) is 0 Å². The zero-order valence-corrected chi connectivity index (χ0v) is 33.7. The van der Waals surface area contributed by atoms with Gasteiger partial charge in [-0.3, -0.25) is 19.2 Å². The van der Waals surface area contributed by atoms with E-state index in [0.29, 0.717) is 0 Å². The molecule has 1 aliphatic rings. The Balaban J connectivity index is 0.000000486. The van der Waals surface area contributed by atoms with Gasteiger partial charge in [0.15, 0.2) is 0 Å². The lowest BCUT2D eigenvalue weighted by Crippen LogP contribution is -2.53. The van der Waals surface area contributed by atoms with E-state index in [-0.39, 0.29) is 64.6 Å². The molecule has 0 saturated carbocycles. The monoisotopic (exact) mass is 826 g/mol.